The first-order valence-corrected chi connectivity index (χ1v) is 6.77. The molecule has 0 radical (unpaired) electrons. The van der Waals surface area contributed by atoms with Crippen LogP contribution in [0.2, 0.25) is 0 Å². The van der Waals surface area contributed by atoms with Gasteiger partial charge in [-0.15, -0.1) is 0 Å². The summed E-state index contributed by atoms with van der Waals surface area (Å²) in [7, 11) is 0. The topological polar surface area (TPSA) is 68.8 Å². The number of fused-ring (bicyclic) bond motifs is 1. The lowest BCUT2D eigenvalue weighted by molar-refractivity contribution is 0.145. The van der Waals surface area contributed by atoms with Crippen LogP contribution in [-0.4, -0.2) is 32.6 Å². The number of nitrogens with one attached hydrogen (secondary N) is 2. The van der Waals surface area contributed by atoms with Crippen molar-refractivity contribution in [2.75, 3.05) is 26.6 Å². The smallest absolute Gasteiger partial charge is 0.315 e. The molecule has 6 nitrogen and oxygen atoms in total. The van der Waals surface area contributed by atoms with Crippen LogP contribution in [0.3, 0.4) is 0 Å². The molecule has 20 heavy (non-hydrogen) atoms. The Labute approximate surface area is 118 Å². The molecule has 1 aliphatic heterocycles. The SMILES string of the molecule is CCOCCCNC(=O)NCc1ccc2c(c1)OCO2. The molecule has 0 unspecified atom stereocenters. The molecule has 0 saturated carbocycles. The Morgan fingerprint density at radius 2 is 2.15 bits per heavy atom. The van der Waals surface area contributed by atoms with Gasteiger partial charge in [-0.3, -0.25) is 0 Å². The third-order valence-electron chi connectivity index (χ3n) is 2.85. The Morgan fingerprint density at radius 3 is 3.00 bits per heavy atom. The van der Waals surface area contributed by atoms with Gasteiger partial charge in [0.15, 0.2) is 11.5 Å². The van der Waals surface area contributed by atoms with Crippen molar-refractivity contribution < 1.29 is 19.0 Å². The van der Waals surface area contributed by atoms with Crippen LogP contribution in [0.25, 0.3) is 0 Å². The summed E-state index contributed by atoms with van der Waals surface area (Å²) in [5.74, 6) is 1.47. The molecule has 0 aliphatic carbocycles. The molecule has 0 saturated heterocycles. The van der Waals surface area contributed by atoms with Gasteiger partial charge in [0.1, 0.15) is 0 Å². The number of carbonyl (C=O) groups is 1. The highest BCUT2D eigenvalue weighted by molar-refractivity contribution is 5.73. The lowest BCUT2D eigenvalue weighted by Gasteiger charge is -2.08. The summed E-state index contributed by atoms with van der Waals surface area (Å²) < 4.78 is 15.7. The Bertz CT molecular complexity index is 451. The molecule has 1 aliphatic rings. The van der Waals surface area contributed by atoms with Crippen LogP contribution < -0.4 is 20.1 Å². The number of hydrogen-bond donors (Lipinski definition) is 2. The van der Waals surface area contributed by atoms with E-state index in [0.717, 1.165) is 23.5 Å². The molecule has 0 bridgehead atoms. The minimum atomic E-state index is -0.181. The molecule has 1 heterocycles. The zero-order chi connectivity index (χ0) is 14.2. The normalized spacial score (nSPS) is 12.2. The summed E-state index contributed by atoms with van der Waals surface area (Å²) in [6.07, 6.45) is 0.811. The highest BCUT2D eigenvalue weighted by Gasteiger charge is 2.13. The van der Waals surface area contributed by atoms with E-state index in [1.807, 2.05) is 25.1 Å². The number of benzene rings is 1. The molecule has 110 valence electrons. The van der Waals surface area contributed by atoms with Gasteiger partial charge in [0.25, 0.3) is 0 Å². The summed E-state index contributed by atoms with van der Waals surface area (Å²) in [6.45, 7) is 4.63. The van der Waals surface area contributed by atoms with Gasteiger partial charge in [0.05, 0.1) is 0 Å². The molecule has 2 amide bonds. The lowest BCUT2D eigenvalue weighted by Crippen LogP contribution is -2.35. The van der Waals surface area contributed by atoms with E-state index in [-0.39, 0.29) is 12.8 Å². The maximum atomic E-state index is 11.6. The fourth-order valence-corrected chi connectivity index (χ4v) is 1.82. The molecule has 0 spiro atoms. The number of urea groups is 1. The number of carbonyl (C=O) groups excluding carboxylic acids is 1. The third kappa shape index (κ3) is 4.31. The first kappa shape index (κ1) is 14.5. The Kier molecular flexibility index (Phi) is 5.49. The van der Waals surface area contributed by atoms with E-state index in [1.165, 1.54) is 0 Å². The molecule has 0 atom stereocenters. The van der Waals surface area contributed by atoms with Gasteiger partial charge < -0.3 is 24.8 Å². The predicted molar refractivity (Wildman–Crippen MR) is 73.9 cm³/mol. The number of amides is 2. The molecule has 1 aromatic rings. The van der Waals surface area contributed by atoms with Crippen molar-refractivity contribution in [2.45, 2.75) is 19.9 Å². The Balaban J connectivity index is 1.66. The van der Waals surface area contributed by atoms with Crippen molar-refractivity contribution in [3.05, 3.63) is 23.8 Å². The summed E-state index contributed by atoms with van der Waals surface area (Å²) >= 11 is 0. The Hall–Kier alpha value is -1.95. The van der Waals surface area contributed by atoms with Gasteiger partial charge in [0, 0.05) is 26.3 Å². The second kappa shape index (κ2) is 7.59. The van der Waals surface area contributed by atoms with Crippen molar-refractivity contribution in [3.63, 3.8) is 0 Å². The molecule has 2 rings (SSSR count). The van der Waals surface area contributed by atoms with Crippen LogP contribution in [0.5, 0.6) is 11.5 Å². The predicted octanol–water partition coefficient (Wildman–Crippen LogP) is 1.64. The molecular weight excluding hydrogens is 260 g/mol. The highest BCUT2D eigenvalue weighted by atomic mass is 16.7. The zero-order valence-electron chi connectivity index (χ0n) is 11.6. The van der Waals surface area contributed by atoms with E-state index >= 15 is 0 Å². The molecule has 6 heteroatoms. The summed E-state index contributed by atoms with van der Waals surface area (Å²) in [5, 5.41) is 5.57. The average molecular weight is 280 g/mol. The van der Waals surface area contributed by atoms with Gasteiger partial charge >= 0.3 is 6.03 Å². The lowest BCUT2D eigenvalue weighted by atomic mass is 10.2. The van der Waals surface area contributed by atoms with Gasteiger partial charge in [-0.25, -0.2) is 4.79 Å². The van der Waals surface area contributed by atoms with Crippen molar-refractivity contribution in [1.29, 1.82) is 0 Å². The van der Waals surface area contributed by atoms with E-state index in [1.54, 1.807) is 0 Å². The maximum absolute atomic E-state index is 11.6. The van der Waals surface area contributed by atoms with E-state index in [2.05, 4.69) is 10.6 Å². The van der Waals surface area contributed by atoms with E-state index in [9.17, 15) is 4.79 Å². The van der Waals surface area contributed by atoms with E-state index in [4.69, 9.17) is 14.2 Å². The van der Waals surface area contributed by atoms with Crippen LogP contribution in [0.1, 0.15) is 18.9 Å². The maximum Gasteiger partial charge on any atom is 0.315 e. The van der Waals surface area contributed by atoms with Gasteiger partial charge in [0.2, 0.25) is 6.79 Å². The number of hydrogen-bond acceptors (Lipinski definition) is 4. The minimum absolute atomic E-state index is 0.181. The summed E-state index contributed by atoms with van der Waals surface area (Å²) in [4.78, 5) is 11.6. The van der Waals surface area contributed by atoms with Gasteiger partial charge in [-0.05, 0) is 31.0 Å². The monoisotopic (exact) mass is 280 g/mol. The average Bonchev–Trinajstić information content (AvgIpc) is 2.92. The van der Waals surface area contributed by atoms with Gasteiger partial charge in [-0.2, -0.15) is 0 Å². The molecule has 0 aromatic heterocycles. The van der Waals surface area contributed by atoms with Crippen molar-refractivity contribution >= 4 is 6.03 Å². The fraction of sp³-hybridized carbons (Fsp3) is 0.500. The third-order valence-corrected chi connectivity index (χ3v) is 2.85. The van der Waals surface area contributed by atoms with Crippen LogP contribution >= 0.6 is 0 Å². The van der Waals surface area contributed by atoms with E-state index < -0.39 is 0 Å². The van der Waals surface area contributed by atoms with Crippen LogP contribution in [-0.2, 0) is 11.3 Å². The van der Waals surface area contributed by atoms with Crippen molar-refractivity contribution in [2.24, 2.45) is 0 Å². The van der Waals surface area contributed by atoms with Crippen molar-refractivity contribution in [1.82, 2.24) is 10.6 Å². The van der Waals surface area contributed by atoms with Gasteiger partial charge in [-0.1, -0.05) is 6.07 Å². The second-order valence-corrected chi connectivity index (χ2v) is 4.35. The molecule has 0 fully saturated rings. The molecular formula is C14H20N2O4. The van der Waals surface area contributed by atoms with E-state index in [0.29, 0.717) is 26.3 Å². The zero-order valence-corrected chi connectivity index (χ0v) is 11.6. The second-order valence-electron chi connectivity index (χ2n) is 4.35. The van der Waals surface area contributed by atoms with Crippen molar-refractivity contribution in [3.8, 4) is 11.5 Å². The van der Waals surface area contributed by atoms with Crippen LogP contribution in [0, 0.1) is 0 Å². The number of ether oxygens (including phenoxy) is 3. The minimum Gasteiger partial charge on any atom is -0.454 e. The fourth-order valence-electron chi connectivity index (χ4n) is 1.82. The molecule has 1 aromatic carbocycles. The largest absolute Gasteiger partial charge is 0.454 e. The highest BCUT2D eigenvalue weighted by Crippen LogP contribution is 2.32. The standard InChI is InChI=1S/C14H20N2O4/c1-2-18-7-3-6-15-14(17)16-9-11-4-5-12-13(8-11)20-10-19-12/h4-5,8H,2-3,6-7,9-10H2,1H3,(H2,15,16,17). The summed E-state index contributed by atoms with van der Waals surface area (Å²) in [6, 6.07) is 5.44. The Morgan fingerprint density at radius 1 is 1.30 bits per heavy atom. The summed E-state index contributed by atoms with van der Waals surface area (Å²) in [5.41, 5.74) is 0.971. The van der Waals surface area contributed by atoms with Crippen LogP contribution in [0.4, 0.5) is 4.79 Å². The number of rotatable bonds is 7. The first-order valence-electron chi connectivity index (χ1n) is 6.77. The van der Waals surface area contributed by atoms with Crippen LogP contribution in [0.15, 0.2) is 18.2 Å². The first-order chi connectivity index (χ1) is 9.79. The quantitative estimate of drug-likeness (QED) is 0.745. The molecule has 2 N–H and O–H groups in total.